The molecule has 7 nitrogen and oxygen atoms in total. The molecule has 2 aromatic rings. The largest absolute Gasteiger partial charge is 0.399 e. The average molecular weight is 369 g/mol. The smallest absolute Gasteiger partial charge is 0.163 e. The van der Waals surface area contributed by atoms with Gasteiger partial charge in [-0.1, -0.05) is 0 Å². The van der Waals surface area contributed by atoms with Crippen molar-refractivity contribution in [3.63, 3.8) is 0 Å². The SMILES string of the molecule is CC1COCCN1c1cc(N2CCOCC2C)nc(-c2ccc(N)cc2)n1. The van der Waals surface area contributed by atoms with E-state index in [0.29, 0.717) is 13.2 Å². The molecule has 2 aliphatic heterocycles. The molecule has 0 aliphatic carbocycles. The molecule has 0 spiro atoms. The van der Waals surface area contributed by atoms with Crippen molar-refractivity contribution in [1.82, 2.24) is 9.97 Å². The summed E-state index contributed by atoms with van der Waals surface area (Å²) in [7, 11) is 0. The summed E-state index contributed by atoms with van der Waals surface area (Å²) in [6.45, 7) is 8.86. The van der Waals surface area contributed by atoms with Crippen molar-refractivity contribution in [1.29, 1.82) is 0 Å². The molecule has 27 heavy (non-hydrogen) atoms. The first kappa shape index (κ1) is 18.0. The molecule has 1 aromatic carbocycles. The highest BCUT2D eigenvalue weighted by Crippen LogP contribution is 2.28. The van der Waals surface area contributed by atoms with Gasteiger partial charge in [-0.2, -0.15) is 0 Å². The van der Waals surface area contributed by atoms with Gasteiger partial charge in [-0.25, -0.2) is 9.97 Å². The number of hydrogen-bond donors (Lipinski definition) is 1. The van der Waals surface area contributed by atoms with E-state index >= 15 is 0 Å². The van der Waals surface area contributed by atoms with Gasteiger partial charge in [-0.15, -0.1) is 0 Å². The summed E-state index contributed by atoms with van der Waals surface area (Å²) >= 11 is 0. The quantitative estimate of drug-likeness (QED) is 0.831. The summed E-state index contributed by atoms with van der Waals surface area (Å²) < 4.78 is 11.2. The highest BCUT2D eigenvalue weighted by Gasteiger charge is 2.25. The van der Waals surface area contributed by atoms with Gasteiger partial charge in [-0.05, 0) is 38.1 Å². The van der Waals surface area contributed by atoms with E-state index in [9.17, 15) is 0 Å². The number of hydrogen-bond acceptors (Lipinski definition) is 7. The summed E-state index contributed by atoms with van der Waals surface area (Å²) in [5.41, 5.74) is 7.55. The Morgan fingerprint density at radius 3 is 1.89 bits per heavy atom. The molecule has 1 aromatic heterocycles. The third-order valence-corrected chi connectivity index (χ3v) is 5.19. The lowest BCUT2D eigenvalue weighted by atomic mass is 10.2. The summed E-state index contributed by atoms with van der Waals surface area (Å²) in [4.78, 5) is 14.4. The molecular formula is C20H27N5O2. The molecular weight excluding hydrogens is 342 g/mol. The van der Waals surface area contributed by atoms with Gasteiger partial charge < -0.3 is 25.0 Å². The Balaban J connectivity index is 1.76. The topological polar surface area (TPSA) is 76.7 Å². The molecule has 0 bridgehead atoms. The molecule has 2 fully saturated rings. The maximum atomic E-state index is 5.85. The van der Waals surface area contributed by atoms with E-state index in [-0.39, 0.29) is 12.1 Å². The molecule has 0 amide bonds. The molecule has 7 heteroatoms. The van der Waals surface area contributed by atoms with Gasteiger partial charge >= 0.3 is 0 Å². The highest BCUT2D eigenvalue weighted by atomic mass is 16.5. The van der Waals surface area contributed by atoms with Crippen LogP contribution in [-0.4, -0.2) is 61.6 Å². The molecule has 2 atom stereocenters. The summed E-state index contributed by atoms with van der Waals surface area (Å²) in [6.07, 6.45) is 0. The number of ether oxygens (including phenoxy) is 2. The minimum Gasteiger partial charge on any atom is -0.399 e. The second-order valence-electron chi connectivity index (χ2n) is 7.26. The lowest BCUT2D eigenvalue weighted by Crippen LogP contribution is -2.45. The van der Waals surface area contributed by atoms with Crippen molar-refractivity contribution in [3.05, 3.63) is 30.3 Å². The van der Waals surface area contributed by atoms with Crippen LogP contribution in [0.25, 0.3) is 11.4 Å². The molecule has 2 aliphatic rings. The number of aromatic nitrogens is 2. The van der Waals surface area contributed by atoms with E-state index < -0.39 is 0 Å². The predicted octanol–water partition coefficient (Wildman–Crippen LogP) is 2.18. The van der Waals surface area contributed by atoms with Crippen LogP contribution < -0.4 is 15.5 Å². The second-order valence-corrected chi connectivity index (χ2v) is 7.26. The van der Waals surface area contributed by atoms with Crippen molar-refractivity contribution in [2.24, 2.45) is 0 Å². The molecule has 4 rings (SSSR count). The van der Waals surface area contributed by atoms with Gasteiger partial charge in [0.2, 0.25) is 0 Å². The standard InChI is InChI=1S/C20H27N5O2/c1-14-12-26-9-7-24(14)18-11-19(25-8-10-27-13-15(25)2)23-20(22-18)16-3-5-17(21)6-4-16/h3-6,11,14-15H,7-10,12-13,21H2,1-2H3. The monoisotopic (exact) mass is 369 g/mol. The Morgan fingerprint density at radius 1 is 0.889 bits per heavy atom. The second kappa shape index (κ2) is 7.70. The van der Waals surface area contributed by atoms with Crippen molar-refractivity contribution in [2.45, 2.75) is 25.9 Å². The van der Waals surface area contributed by atoms with Gasteiger partial charge in [0.1, 0.15) is 11.6 Å². The Morgan fingerprint density at radius 2 is 1.41 bits per heavy atom. The lowest BCUT2D eigenvalue weighted by Gasteiger charge is -2.37. The molecule has 144 valence electrons. The van der Waals surface area contributed by atoms with Gasteiger partial charge in [0.25, 0.3) is 0 Å². The maximum Gasteiger partial charge on any atom is 0.163 e. The minimum atomic E-state index is 0.280. The Kier molecular flexibility index (Phi) is 5.13. The summed E-state index contributed by atoms with van der Waals surface area (Å²) in [5, 5.41) is 0. The number of nitrogens with zero attached hydrogens (tertiary/aromatic N) is 4. The third-order valence-electron chi connectivity index (χ3n) is 5.19. The predicted molar refractivity (Wildman–Crippen MR) is 107 cm³/mol. The van der Waals surface area contributed by atoms with E-state index in [1.54, 1.807) is 0 Å². The van der Waals surface area contributed by atoms with Gasteiger partial charge in [-0.3, -0.25) is 0 Å². The van der Waals surface area contributed by atoms with Crippen LogP contribution in [0.3, 0.4) is 0 Å². The Bertz CT molecular complexity index is 742. The number of nitrogen functional groups attached to an aromatic ring is 1. The van der Waals surface area contributed by atoms with Crippen LogP contribution >= 0.6 is 0 Å². The van der Waals surface area contributed by atoms with E-state index in [4.69, 9.17) is 25.2 Å². The van der Waals surface area contributed by atoms with E-state index in [1.165, 1.54) is 0 Å². The van der Waals surface area contributed by atoms with E-state index in [0.717, 1.165) is 55.0 Å². The van der Waals surface area contributed by atoms with Crippen molar-refractivity contribution in [3.8, 4) is 11.4 Å². The van der Waals surface area contributed by atoms with Crippen LogP contribution in [0.2, 0.25) is 0 Å². The fourth-order valence-corrected chi connectivity index (χ4v) is 3.61. The van der Waals surface area contributed by atoms with Crippen molar-refractivity contribution < 1.29 is 9.47 Å². The van der Waals surface area contributed by atoms with Gasteiger partial charge in [0.15, 0.2) is 5.82 Å². The normalized spacial score (nSPS) is 23.5. The molecule has 2 unspecified atom stereocenters. The fourth-order valence-electron chi connectivity index (χ4n) is 3.61. The Hall–Kier alpha value is -2.38. The van der Waals surface area contributed by atoms with Crippen molar-refractivity contribution >= 4 is 17.3 Å². The van der Waals surface area contributed by atoms with Crippen molar-refractivity contribution in [2.75, 3.05) is 55.1 Å². The maximum absolute atomic E-state index is 5.85. The zero-order chi connectivity index (χ0) is 18.8. The molecule has 2 saturated heterocycles. The molecule has 3 heterocycles. The van der Waals surface area contributed by atoms with Crippen LogP contribution in [-0.2, 0) is 9.47 Å². The Labute approximate surface area is 160 Å². The summed E-state index contributed by atoms with van der Waals surface area (Å²) in [6, 6.07) is 10.4. The third kappa shape index (κ3) is 3.84. The average Bonchev–Trinajstić information content (AvgIpc) is 2.69. The first-order valence-electron chi connectivity index (χ1n) is 9.55. The molecule has 0 radical (unpaired) electrons. The first-order valence-corrected chi connectivity index (χ1v) is 9.55. The van der Waals surface area contributed by atoms with Crippen LogP contribution in [0.15, 0.2) is 30.3 Å². The van der Waals surface area contributed by atoms with Gasteiger partial charge in [0.05, 0.1) is 38.5 Å². The number of morpholine rings is 2. The zero-order valence-corrected chi connectivity index (χ0v) is 16.0. The van der Waals surface area contributed by atoms with E-state index in [1.807, 2.05) is 24.3 Å². The van der Waals surface area contributed by atoms with Crippen LogP contribution in [0.5, 0.6) is 0 Å². The first-order chi connectivity index (χ1) is 13.1. The number of nitrogens with two attached hydrogens (primary N) is 1. The van der Waals surface area contributed by atoms with Gasteiger partial charge in [0, 0.05) is 30.4 Å². The van der Waals surface area contributed by atoms with E-state index in [2.05, 4.69) is 29.7 Å². The van der Waals surface area contributed by atoms with Crippen LogP contribution in [0.4, 0.5) is 17.3 Å². The number of anilines is 3. The summed E-state index contributed by atoms with van der Waals surface area (Å²) in [5.74, 6) is 2.61. The number of rotatable bonds is 3. The van der Waals surface area contributed by atoms with Crippen LogP contribution in [0.1, 0.15) is 13.8 Å². The lowest BCUT2D eigenvalue weighted by molar-refractivity contribution is 0.0978. The van der Waals surface area contributed by atoms with Crippen LogP contribution in [0, 0.1) is 0 Å². The minimum absolute atomic E-state index is 0.280. The fraction of sp³-hybridized carbons (Fsp3) is 0.500. The molecule has 2 N–H and O–H groups in total. The molecule has 0 saturated carbocycles. The number of benzene rings is 1. The zero-order valence-electron chi connectivity index (χ0n) is 16.0. The highest BCUT2D eigenvalue weighted by molar-refractivity contribution is 5.64.